The second kappa shape index (κ2) is 8.22. The van der Waals surface area contributed by atoms with Crippen molar-refractivity contribution < 1.29 is 26.3 Å². The van der Waals surface area contributed by atoms with Gasteiger partial charge in [0.05, 0.1) is 55.4 Å². The zero-order chi connectivity index (χ0) is 29.0. The van der Waals surface area contributed by atoms with E-state index in [1.165, 1.54) is 12.1 Å². The maximum Gasteiger partial charge on any atom is 0.416 e. The molecule has 0 aliphatic carbocycles. The normalized spacial score (nSPS) is 13.0. The first-order valence-electron chi connectivity index (χ1n) is 12.9. The number of fused-ring (bicyclic) bond motifs is 9. The van der Waals surface area contributed by atoms with Crippen molar-refractivity contribution >= 4 is 44.1 Å². The summed E-state index contributed by atoms with van der Waals surface area (Å²) in [5, 5.41) is 1.29. The molecule has 0 aliphatic rings. The van der Waals surface area contributed by atoms with Crippen LogP contribution in [-0.4, -0.2) is 18.8 Å². The molecule has 0 fully saturated rings. The number of alkyl halides is 6. The topological polar surface area (TPSA) is 34.6 Å². The number of nitrogens with zero attached hydrogens (tertiary/aromatic N) is 4. The fourth-order valence-corrected chi connectivity index (χ4v) is 5.94. The summed E-state index contributed by atoms with van der Waals surface area (Å²) in [6, 6.07) is 25.5. The monoisotopic (exact) mass is 570 g/mol. The zero-order valence-electron chi connectivity index (χ0n) is 21.3. The Labute approximate surface area is 232 Å². The van der Waals surface area contributed by atoms with Crippen LogP contribution in [0.4, 0.5) is 26.3 Å². The van der Waals surface area contributed by atoms with E-state index < -0.39 is 23.5 Å². The molecule has 206 valence electrons. The lowest BCUT2D eigenvalue weighted by Gasteiger charge is -2.07. The summed E-state index contributed by atoms with van der Waals surface area (Å²) in [4.78, 5) is 9.45. The molecule has 0 aliphatic heterocycles. The van der Waals surface area contributed by atoms with E-state index in [4.69, 9.17) is 9.97 Å². The fourth-order valence-electron chi connectivity index (χ4n) is 5.94. The van der Waals surface area contributed by atoms with Crippen molar-refractivity contribution in [3.8, 4) is 22.5 Å². The third kappa shape index (κ3) is 3.38. The van der Waals surface area contributed by atoms with Gasteiger partial charge in [-0.2, -0.15) is 26.3 Å². The number of imidazole rings is 2. The van der Waals surface area contributed by atoms with Crippen molar-refractivity contribution in [2.75, 3.05) is 0 Å². The minimum Gasteiger partial charge on any atom is -0.291 e. The standard InChI is InChI=1S/C32H16F6N4/c33-31(34,35)19-11-13-23-21(15-19)40-30-26-25(27(41(23)30)17-7-3-1-4-8-17)29-39-22-16-20(32(36,37)38)12-14-24(22)42(29)28(26)18-9-5-2-6-10-18/h1-16H. The van der Waals surface area contributed by atoms with Crippen molar-refractivity contribution in [2.24, 2.45) is 0 Å². The second-order valence-corrected chi connectivity index (χ2v) is 10.1. The Balaban J connectivity index is 1.61. The molecule has 4 nitrogen and oxygen atoms in total. The Bertz CT molecular complexity index is 2150. The first-order valence-corrected chi connectivity index (χ1v) is 12.9. The van der Waals surface area contributed by atoms with Crippen LogP contribution in [0.2, 0.25) is 0 Å². The quantitative estimate of drug-likeness (QED) is 0.194. The van der Waals surface area contributed by atoms with Gasteiger partial charge in [0.2, 0.25) is 0 Å². The number of hydrogen-bond donors (Lipinski definition) is 0. The van der Waals surface area contributed by atoms with Crippen molar-refractivity contribution in [2.45, 2.75) is 12.4 Å². The van der Waals surface area contributed by atoms with Gasteiger partial charge < -0.3 is 0 Å². The summed E-state index contributed by atoms with van der Waals surface area (Å²) in [5.74, 6) is 0. The maximum absolute atomic E-state index is 13.6. The fraction of sp³-hybridized carbons (Fsp3) is 0.0625. The van der Waals surface area contributed by atoms with E-state index in [-0.39, 0.29) is 11.0 Å². The number of benzene rings is 4. The SMILES string of the molecule is FC(F)(F)c1ccc2c(c1)nc1c3c(-c4ccccc4)n4c5ccc(C(F)(F)F)cc5nc4c3c(-c3ccccc3)n21. The van der Waals surface area contributed by atoms with E-state index in [0.717, 1.165) is 35.4 Å². The molecule has 0 spiro atoms. The minimum atomic E-state index is -4.54. The first-order chi connectivity index (χ1) is 20.1. The Hall–Kier alpha value is -5.12. The Morgan fingerprint density at radius 1 is 0.476 bits per heavy atom. The summed E-state index contributed by atoms with van der Waals surface area (Å²) in [6.07, 6.45) is -9.08. The summed E-state index contributed by atoms with van der Waals surface area (Å²) < 4.78 is 85.3. The molecular weight excluding hydrogens is 554 g/mol. The molecule has 8 rings (SSSR count). The Morgan fingerprint density at radius 3 is 1.21 bits per heavy atom. The van der Waals surface area contributed by atoms with Crippen molar-refractivity contribution in [1.29, 1.82) is 0 Å². The molecule has 0 unspecified atom stereocenters. The second-order valence-electron chi connectivity index (χ2n) is 10.1. The molecule has 4 aromatic carbocycles. The number of rotatable bonds is 2. The molecule has 0 bridgehead atoms. The van der Waals surface area contributed by atoms with Crippen LogP contribution in [0, 0.1) is 0 Å². The minimum absolute atomic E-state index is 0.177. The van der Waals surface area contributed by atoms with Crippen LogP contribution in [0.5, 0.6) is 0 Å². The molecule has 0 amide bonds. The molecular formula is C32H16F6N4. The summed E-state index contributed by atoms with van der Waals surface area (Å²) in [5.41, 5.74) is 3.35. The molecule has 0 saturated carbocycles. The van der Waals surface area contributed by atoms with Crippen molar-refractivity contribution in [3.63, 3.8) is 0 Å². The van der Waals surface area contributed by atoms with Crippen LogP contribution < -0.4 is 0 Å². The molecule has 4 heterocycles. The third-order valence-corrected chi connectivity index (χ3v) is 7.68. The average Bonchev–Trinajstić information content (AvgIpc) is 3.68. The van der Waals surface area contributed by atoms with Gasteiger partial charge in [-0.25, -0.2) is 9.97 Å². The summed E-state index contributed by atoms with van der Waals surface area (Å²) >= 11 is 0. The van der Waals surface area contributed by atoms with E-state index >= 15 is 0 Å². The zero-order valence-corrected chi connectivity index (χ0v) is 21.3. The number of halogens is 6. The van der Waals surface area contributed by atoms with Crippen LogP contribution in [0.3, 0.4) is 0 Å². The van der Waals surface area contributed by atoms with Crippen LogP contribution in [0.15, 0.2) is 97.1 Å². The molecule has 0 radical (unpaired) electrons. The summed E-state index contributed by atoms with van der Waals surface area (Å²) in [6.45, 7) is 0. The van der Waals surface area contributed by atoms with E-state index in [0.29, 0.717) is 44.5 Å². The molecule has 4 aromatic heterocycles. The van der Waals surface area contributed by atoms with Gasteiger partial charge in [-0.3, -0.25) is 8.80 Å². The van der Waals surface area contributed by atoms with Crippen molar-refractivity contribution in [1.82, 2.24) is 18.8 Å². The molecule has 8 aromatic rings. The van der Waals surface area contributed by atoms with Crippen LogP contribution in [0.25, 0.3) is 66.6 Å². The highest BCUT2D eigenvalue weighted by molar-refractivity contribution is 6.22. The largest absolute Gasteiger partial charge is 0.416 e. The average molecular weight is 570 g/mol. The highest BCUT2D eigenvalue weighted by Crippen LogP contribution is 2.47. The van der Waals surface area contributed by atoms with Gasteiger partial charge >= 0.3 is 12.4 Å². The van der Waals surface area contributed by atoms with Crippen LogP contribution >= 0.6 is 0 Å². The molecule has 42 heavy (non-hydrogen) atoms. The Kier molecular flexibility index (Phi) is 4.83. The maximum atomic E-state index is 13.6. The number of hydrogen-bond acceptors (Lipinski definition) is 2. The third-order valence-electron chi connectivity index (χ3n) is 7.68. The van der Waals surface area contributed by atoms with Crippen molar-refractivity contribution in [3.05, 3.63) is 108 Å². The smallest absolute Gasteiger partial charge is 0.291 e. The lowest BCUT2D eigenvalue weighted by atomic mass is 10.1. The predicted molar refractivity (Wildman–Crippen MR) is 149 cm³/mol. The molecule has 10 heteroatoms. The van der Waals surface area contributed by atoms with Gasteiger partial charge in [-0.15, -0.1) is 0 Å². The first kappa shape index (κ1) is 24.7. The van der Waals surface area contributed by atoms with Crippen LogP contribution in [0.1, 0.15) is 11.1 Å². The van der Waals surface area contributed by atoms with Gasteiger partial charge in [0.1, 0.15) is 11.3 Å². The van der Waals surface area contributed by atoms with Gasteiger partial charge in [0.15, 0.2) is 0 Å². The van der Waals surface area contributed by atoms with Gasteiger partial charge in [0.25, 0.3) is 0 Å². The van der Waals surface area contributed by atoms with Crippen LogP contribution in [-0.2, 0) is 12.4 Å². The van der Waals surface area contributed by atoms with E-state index in [1.807, 2.05) is 69.5 Å². The molecule has 0 atom stereocenters. The lowest BCUT2D eigenvalue weighted by molar-refractivity contribution is -0.138. The molecule has 0 saturated heterocycles. The number of aromatic nitrogens is 4. The van der Waals surface area contributed by atoms with E-state index in [1.54, 1.807) is 0 Å². The van der Waals surface area contributed by atoms with E-state index in [9.17, 15) is 26.3 Å². The Morgan fingerprint density at radius 2 is 0.857 bits per heavy atom. The highest BCUT2D eigenvalue weighted by atomic mass is 19.4. The van der Waals surface area contributed by atoms with Gasteiger partial charge in [0, 0.05) is 0 Å². The lowest BCUT2D eigenvalue weighted by Crippen LogP contribution is -2.04. The molecule has 0 N–H and O–H groups in total. The summed E-state index contributed by atoms with van der Waals surface area (Å²) in [7, 11) is 0. The highest BCUT2D eigenvalue weighted by Gasteiger charge is 2.34. The predicted octanol–water partition coefficient (Wildman–Crippen LogP) is 9.25. The van der Waals surface area contributed by atoms with Gasteiger partial charge in [-0.05, 0) is 47.5 Å². The van der Waals surface area contributed by atoms with E-state index in [2.05, 4.69) is 0 Å². The van der Waals surface area contributed by atoms with Gasteiger partial charge in [-0.1, -0.05) is 60.7 Å².